The molecule has 0 aromatic heterocycles. The number of hydrogen-bond acceptors (Lipinski definition) is 4. The van der Waals surface area contributed by atoms with Gasteiger partial charge in [-0.25, -0.2) is 4.79 Å². The maximum atomic E-state index is 13.6. The van der Waals surface area contributed by atoms with Crippen LogP contribution in [0.1, 0.15) is 69.2 Å². The first kappa shape index (κ1) is 8.46. The smallest absolute Gasteiger partial charge is 0.344 e. The van der Waals surface area contributed by atoms with Gasteiger partial charge in [-0.1, -0.05) is 75.0 Å². The highest BCUT2D eigenvalue weighted by Crippen LogP contribution is 2.40. The average Bonchev–Trinajstić information content (AvgIpc) is 2.82. The zero-order chi connectivity index (χ0) is 30.7. The number of ether oxygens (including phenoxy) is 1. The molecular weight excluding hydrogens is 326 g/mol. The molecule has 0 saturated heterocycles. The van der Waals surface area contributed by atoms with Crippen LogP contribution >= 0.6 is 0 Å². The topological polar surface area (TPSA) is 49.8 Å². The number of benzene rings is 1. The monoisotopic (exact) mass is 371 g/mol. The van der Waals surface area contributed by atoms with Gasteiger partial charge in [0.2, 0.25) is 1.43 Å². The van der Waals surface area contributed by atoms with Crippen LogP contribution < -0.4 is 0 Å². The molecule has 26 heavy (non-hydrogen) atoms. The Kier molecular flexibility index (Phi) is 3.37. The molecule has 1 unspecified atom stereocenters. The normalized spacial score (nSPS) is 26.5. The third-order valence-electron chi connectivity index (χ3n) is 4.39. The van der Waals surface area contributed by atoms with Gasteiger partial charge in [-0.15, -0.1) is 0 Å². The fourth-order valence-electron chi connectivity index (χ4n) is 2.92. The number of aliphatic hydroxyl groups is 1. The van der Waals surface area contributed by atoms with E-state index < -0.39 is 93.2 Å². The van der Waals surface area contributed by atoms with E-state index in [0.29, 0.717) is 12.8 Å². The van der Waals surface area contributed by atoms with Crippen LogP contribution in [0, 0.1) is 17.8 Å². The van der Waals surface area contributed by atoms with Crippen molar-refractivity contribution in [1.29, 1.82) is 1.43 Å². The van der Waals surface area contributed by atoms with Crippen molar-refractivity contribution in [2.45, 2.75) is 51.4 Å². The summed E-state index contributed by atoms with van der Waals surface area (Å²) in [6.45, 7) is -9.87. The highest BCUT2D eigenvalue weighted by Gasteiger charge is 2.46. The SMILES string of the molecule is [2H]OC(C(=O)OC([2H])([2H])C#CCN(CC([2H])([2H])[2H])CC([2H])([2H])[2H])(c1c([2H])c([2H])c([2H])c([2H])c1[2H])C1CCCCC1. The van der Waals surface area contributed by atoms with Crippen molar-refractivity contribution in [3.63, 3.8) is 0 Å². The van der Waals surface area contributed by atoms with E-state index in [-0.39, 0.29) is 12.8 Å². The number of hydrogen-bond donors (Lipinski definition) is 1. The number of carbonyl (C=O) groups is 1. The van der Waals surface area contributed by atoms with Gasteiger partial charge in [0.05, 0.1) is 16.1 Å². The van der Waals surface area contributed by atoms with Crippen molar-refractivity contribution in [2.75, 3.05) is 26.2 Å². The van der Waals surface area contributed by atoms with Gasteiger partial charge in [0.15, 0.2) is 12.2 Å². The Balaban J connectivity index is 2.50. The molecule has 0 bridgehead atoms. The molecule has 4 nitrogen and oxygen atoms in total. The van der Waals surface area contributed by atoms with Crippen molar-refractivity contribution in [3.05, 3.63) is 35.8 Å². The Morgan fingerprint density at radius 3 is 2.73 bits per heavy atom. The van der Waals surface area contributed by atoms with E-state index in [2.05, 4.69) is 5.92 Å². The van der Waals surface area contributed by atoms with Gasteiger partial charge < -0.3 is 9.85 Å². The molecule has 0 amide bonds. The van der Waals surface area contributed by atoms with Gasteiger partial charge in [0.25, 0.3) is 0 Å². The minimum absolute atomic E-state index is 0.268. The summed E-state index contributed by atoms with van der Waals surface area (Å²) in [7, 11) is 0. The molecule has 1 aliphatic carbocycles. The molecule has 142 valence electrons. The summed E-state index contributed by atoms with van der Waals surface area (Å²) in [6, 6.07) is -3.86. The molecule has 1 fully saturated rings. The summed E-state index contributed by atoms with van der Waals surface area (Å²) in [4.78, 5) is 14.6. The maximum Gasteiger partial charge on any atom is 0.344 e. The van der Waals surface area contributed by atoms with Crippen LogP contribution in [0.3, 0.4) is 0 Å². The van der Waals surface area contributed by atoms with E-state index in [1.54, 1.807) is 0 Å². The predicted octanol–water partition coefficient (Wildman–Crippen LogP) is 3.34. The first-order valence-corrected chi connectivity index (χ1v) is 8.43. The molecule has 1 aromatic carbocycles. The van der Waals surface area contributed by atoms with Crippen molar-refractivity contribution < 1.29 is 32.5 Å². The second-order valence-electron chi connectivity index (χ2n) is 6.01. The summed E-state index contributed by atoms with van der Waals surface area (Å²) in [6.07, 6.45) is 2.48. The molecule has 1 N–H and O–H groups in total. The maximum absolute atomic E-state index is 13.6. The molecule has 1 atom stereocenters. The fourth-order valence-corrected chi connectivity index (χ4v) is 2.92. The summed E-state index contributed by atoms with van der Waals surface area (Å²) < 4.78 is 114. The second kappa shape index (κ2) is 10.4. The van der Waals surface area contributed by atoms with E-state index in [9.17, 15) is 4.79 Å². The first-order valence-electron chi connectivity index (χ1n) is 15.3. The summed E-state index contributed by atoms with van der Waals surface area (Å²) >= 11 is 0. The van der Waals surface area contributed by atoms with E-state index in [4.69, 9.17) is 29.1 Å². The zero-order valence-corrected chi connectivity index (χ0v) is 14.4. The minimum Gasteiger partial charge on any atom is -0.450 e. The van der Waals surface area contributed by atoms with Crippen LogP contribution in [0.15, 0.2) is 30.2 Å². The molecule has 2 rings (SSSR count). The number of esters is 1. The van der Waals surface area contributed by atoms with Gasteiger partial charge in [-0.05, 0) is 31.5 Å². The number of rotatable bonds is 8. The lowest BCUT2D eigenvalue weighted by molar-refractivity contribution is -0.174. The Hall–Kier alpha value is -1.83. The average molecular weight is 372 g/mol. The molecule has 1 aromatic rings. The van der Waals surface area contributed by atoms with Crippen LogP contribution in [-0.4, -0.2) is 43.6 Å². The predicted molar refractivity (Wildman–Crippen MR) is 103 cm³/mol. The number of carbonyl (C=O) groups excluding carboxylic acids is 1. The van der Waals surface area contributed by atoms with Crippen LogP contribution in [0.25, 0.3) is 0 Å². The molecule has 0 radical (unpaired) electrons. The minimum atomic E-state index is -3.06. The first-order chi connectivity index (χ1) is 18.3. The Morgan fingerprint density at radius 1 is 1.35 bits per heavy atom. The van der Waals surface area contributed by atoms with Gasteiger partial charge >= 0.3 is 5.97 Å². The molecule has 0 heterocycles. The molecule has 4 heteroatoms. The summed E-state index contributed by atoms with van der Waals surface area (Å²) in [5, 5.41) is 4.89. The van der Waals surface area contributed by atoms with Crippen molar-refractivity contribution in [3.8, 4) is 11.8 Å². The number of nitrogens with zero attached hydrogens (tertiary/aromatic N) is 1. The molecule has 0 spiro atoms. The fraction of sp³-hybridized carbons (Fsp3) is 0.591. The highest BCUT2D eigenvalue weighted by atomic mass is 16.5. The standard InChI is InChI=1S/C22H31NO3/c1-3-23(4-2)17-11-12-18-26-21(24)22(25,19-13-7-5-8-14-19)20-15-9-6-10-16-20/h5,7-8,13-14,20,25H,3-4,6,9-10,15-18H2,1-2H3/i1D3,2D3,5D,7D,8D,13D,14D,18D2,25D. The van der Waals surface area contributed by atoms with E-state index in [1.807, 2.05) is 5.92 Å². The Labute approximate surface area is 177 Å². The van der Waals surface area contributed by atoms with Crippen LogP contribution in [0.5, 0.6) is 0 Å². The Bertz CT molecular complexity index is 1090. The van der Waals surface area contributed by atoms with Gasteiger partial charge in [-0.2, -0.15) is 0 Å². The van der Waals surface area contributed by atoms with Crippen LogP contribution in [0.4, 0.5) is 0 Å². The Morgan fingerprint density at radius 2 is 2.08 bits per heavy atom. The van der Waals surface area contributed by atoms with Crippen LogP contribution in [0.2, 0.25) is 0 Å². The highest BCUT2D eigenvalue weighted by molar-refractivity contribution is 5.81. The summed E-state index contributed by atoms with van der Waals surface area (Å²) in [5.74, 6) is 1.91. The lowest BCUT2D eigenvalue weighted by atomic mass is 9.73. The van der Waals surface area contributed by atoms with Gasteiger partial charge in [-0.3, -0.25) is 4.90 Å². The zero-order valence-electron chi connectivity index (χ0n) is 28.4. The summed E-state index contributed by atoms with van der Waals surface area (Å²) in [5.41, 5.74) is -3.21. The quantitative estimate of drug-likeness (QED) is 0.562. The van der Waals surface area contributed by atoms with Crippen molar-refractivity contribution >= 4 is 5.97 Å². The third-order valence-corrected chi connectivity index (χ3v) is 4.39. The van der Waals surface area contributed by atoms with E-state index >= 15 is 0 Å². The lowest BCUT2D eigenvalue weighted by Gasteiger charge is -2.36. The largest absolute Gasteiger partial charge is 0.450 e. The molecule has 1 saturated carbocycles. The molecule has 0 aliphatic heterocycles. The van der Waals surface area contributed by atoms with Crippen molar-refractivity contribution in [2.24, 2.45) is 5.92 Å². The van der Waals surface area contributed by atoms with E-state index in [0.717, 1.165) is 11.3 Å². The van der Waals surface area contributed by atoms with Crippen molar-refractivity contribution in [1.82, 2.24) is 4.90 Å². The molecule has 1 aliphatic rings. The van der Waals surface area contributed by atoms with E-state index in [1.165, 1.54) is 0 Å². The van der Waals surface area contributed by atoms with Gasteiger partial charge in [0, 0.05) is 14.1 Å². The molecular formula is C22H31NO3. The third kappa shape index (κ3) is 5.09. The van der Waals surface area contributed by atoms with Crippen LogP contribution in [-0.2, 0) is 15.1 Å². The second-order valence-corrected chi connectivity index (χ2v) is 6.01. The van der Waals surface area contributed by atoms with Gasteiger partial charge in [0.1, 0.15) is 0 Å². The lowest BCUT2D eigenvalue weighted by Crippen LogP contribution is -2.45.